The predicted molar refractivity (Wildman–Crippen MR) is 81.0 cm³/mol. The number of aryl methyl sites for hydroxylation is 3. The summed E-state index contributed by atoms with van der Waals surface area (Å²) >= 11 is 0. The van der Waals surface area contributed by atoms with E-state index in [0.717, 1.165) is 37.4 Å². The van der Waals surface area contributed by atoms with Crippen molar-refractivity contribution in [2.75, 3.05) is 31.1 Å². The third-order valence-electron chi connectivity index (χ3n) is 4.07. The van der Waals surface area contributed by atoms with Gasteiger partial charge in [0.25, 0.3) is 0 Å². The van der Waals surface area contributed by atoms with E-state index in [1.807, 2.05) is 0 Å². The molecule has 0 atom stereocenters. The molecule has 0 saturated carbocycles. The molecule has 3 nitrogen and oxygen atoms in total. The van der Waals surface area contributed by atoms with Gasteiger partial charge in [-0.15, -0.1) is 0 Å². The summed E-state index contributed by atoms with van der Waals surface area (Å²) < 4.78 is 0. The number of anilines is 1. The third kappa shape index (κ3) is 2.19. The van der Waals surface area contributed by atoms with Gasteiger partial charge in [-0.1, -0.05) is 12.1 Å². The minimum Gasteiger partial charge on any atom is -0.368 e. The molecule has 3 rings (SSSR count). The largest absolute Gasteiger partial charge is 0.368 e. The maximum atomic E-state index is 4.75. The highest BCUT2D eigenvalue weighted by atomic mass is 15.2. The first-order valence-electron chi connectivity index (χ1n) is 7.00. The molecule has 1 saturated heterocycles. The predicted octanol–water partition coefficient (Wildman–Crippen LogP) is 2.57. The van der Waals surface area contributed by atoms with Crippen molar-refractivity contribution in [2.45, 2.75) is 20.8 Å². The molecule has 2 aromatic rings. The number of hydrogen-bond donors (Lipinski definition) is 1. The van der Waals surface area contributed by atoms with E-state index >= 15 is 0 Å². The Labute approximate surface area is 114 Å². The van der Waals surface area contributed by atoms with Crippen molar-refractivity contribution in [3.8, 4) is 0 Å². The molecule has 0 aliphatic carbocycles. The summed E-state index contributed by atoms with van der Waals surface area (Å²) in [5.74, 6) is 0. The zero-order valence-corrected chi connectivity index (χ0v) is 12.0. The van der Waals surface area contributed by atoms with E-state index in [4.69, 9.17) is 4.98 Å². The van der Waals surface area contributed by atoms with Crippen LogP contribution in [0.4, 0.5) is 5.69 Å². The summed E-state index contributed by atoms with van der Waals surface area (Å²) in [5, 5.41) is 4.70. The third-order valence-corrected chi connectivity index (χ3v) is 4.07. The summed E-state index contributed by atoms with van der Waals surface area (Å²) in [6.45, 7) is 10.7. The minimum atomic E-state index is 1.06. The Hall–Kier alpha value is -1.61. The van der Waals surface area contributed by atoms with Crippen LogP contribution in [0.5, 0.6) is 0 Å². The molecule has 19 heavy (non-hydrogen) atoms. The van der Waals surface area contributed by atoms with Gasteiger partial charge in [0.15, 0.2) is 0 Å². The van der Waals surface area contributed by atoms with Gasteiger partial charge in [0, 0.05) is 42.9 Å². The maximum absolute atomic E-state index is 4.75. The first kappa shape index (κ1) is 12.4. The Morgan fingerprint density at radius 2 is 1.84 bits per heavy atom. The fourth-order valence-corrected chi connectivity index (χ4v) is 2.80. The van der Waals surface area contributed by atoms with E-state index in [9.17, 15) is 0 Å². The summed E-state index contributed by atoms with van der Waals surface area (Å²) in [6, 6.07) is 6.66. The van der Waals surface area contributed by atoms with Gasteiger partial charge in [0.2, 0.25) is 0 Å². The lowest BCUT2D eigenvalue weighted by Gasteiger charge is -2.30. The van der Waals surface area contributed by atoms with Crippen LogP contribution in [0, 0.1) is 20.8 Å². The average Bonchev–Trinajstić information content (AvgIpc) is 2.44. The number of nitrogens with zero attached hydrogens (tertiary/aromatic N) is 2. The van der Waals surface area contributed by atoms with Gasteiger partial charge in [0.05, 0.1) is 5.52 Å². The second kappa shape index (κ2) is 4.82. The van der Waals surface area contributed by atoms with Gasteiger partial charge < -0.3 is 10.2 Å². The van der Waals surface area contributed by atoms with Gasteiger partial charge in [0.1, 0.15) is 0 Å². The molecule has 1 aliphatic rings. The van der Waals surface area contributed by atoms with E-state index in [1.54, 1.807) is 0 Å². The molecule has 1 N–H and O–H groups in total. The summed E-state index contributed by atoms with van der Waals surface area (Å²) in [6.07, 6.45) is 0. The van der Waals surface area contributed by atoms with Crippen molar-refractivity contribution in [1.82, 2.24) is 10.3 Å². The van der Waals surface area contributed by atoms with Crippen molar-refractivity contribution in [2.24, 2.45) is 0 Å². The lowest BCUT2D eigenvalue weighted by Crippen LogP contribution is -2.43. The quantitative estimate of drug-likeness (QED) is 0.849. The molecule has 1 aliphatic heterocycles. The number of rotatable bonds is 1. The van der Waals surface area contributed by atoms with Crippen LogP contribution >= 0.6 is 0 Å². The van der Waals surface area contributed by atoms with E-state index in [1.165, 1.54) is 22.2 Å². The molecule has 3 heteroatoms. The number of fused-ring (bicyclic) bond motifs is 1. The van der Waals surface area contributed by atoms with Crippen LogP contribution in [0.25, 0.3) is 10.9 Å². The first-order chi connectivity index (χ1) is 9.16. The van der Waals surface area contributed by atoms with Crippen molar-refractivity contribution >= 4 is 16.6 Å². The molecule has 0 spiro atoms. The van der Waals surface area contributed by atoms with Crippen LogP contribution in [-0.4, -0.2) is 31.2 Å². The fraction of sp³-hybridized carbons (Fsp3) is 0.438. The van der Waals surface area contributed by atoms with Crippen LogP contribution in [0.1, 0.15) is 16.8 Å². The fourth-order valence-electron chi connectivity index (χ4n) is 2.80. The number of hydrogen-bond acceptors (Lipinski definition) is 3. The lowest BCUT2D eigenvalue weighted by molar-refractivity contribution is 0.590. The number of aromatic nitrogens is 1. The molecular weight excluding hydrogens is 234 g/mol. The highest BCUT2D eigenvalue weighted by molar-refractivity contribution is 5.94. The Morgan fingerprint density at radius 1 is 1.11 bits per heavy atom. The molecule has 1 fully saturated rings. The average molecular weight is 255 g/mol. The van der Waals surface area contributed by atoms with E-state index in [0.29, 0.717) is 0 Å². The second-order valence-electron chi connectivity index (χ2n) is 5.42. The van der Waals surface area contributed by atoms with Crippen LogP contribution in [0.2, 0.25) is 0 Å². The van der Waals surface area contributed by atoms with Gasteiger partial charge in [-0.2, -0.15) is 0 Å². The number of nitrogens with one attached hydrogen (secondary N) is 1. The normalized spacial score (nSPS) is 16.1. The zero-order valence-electron chi connectivity index (χ0n) is 12.0. The van der Waals surface area contributed by atoms with Gasteiger partial charge >= 0.3 is 0 Å². The van der Waals surface area contributed by atoms with Gasteiger partial charge in [-0.05, 0) is 38.0 Å². The summed E-state index contributed by atoms with van der Waals surface area (Å²) in [7, 11) is 0. The molecule has 0 unspecified atom stereocenters. The van der Waals surface area contributed by atoms with Crippen molar-refractivity contribution in [3.63, 3.8) is 0 Å². The maximum Gasteiger partial charge on any atom is 0.0757 e. The lowest BCUT2D eigenvalue weighted by atomic mass is 10.0. The van der Waals surface area contributed by atoms with E-state index < -0.39 is 0 Å². The molecule has 0 radical (unpaired) electrons. The highest BCUT2D eigenvalue weighted by Gasteiger charge is 2.15. The Balaban J connectivity index is 2.20. The van der Waals surface area contributed by atoms with Crippen molar-refractivity contribution < 1.29 is 0 Å². The standard InChI is InChI=1S/C16H21N3/c1-11-4-5-14-15(19-8-6-17-7-9-19)10-12(2)18-16(14)13(11)3/h4-5,10,17H,6-9H2,1-3H3. The summed E-state index contributed by atoms with van der Waals surface area (Å²) in [4.78, 5) is 7.22. The molecule has 1 aromatic heterocycles. The SMILES string of the molecule is Cc1cc(N2CCNCC2)c2ccc(C)c(C)c2n1. The molecule has 2 heterocycles. The smallest absolute Gasteiger partial charge is 0.0757 e. The van der Waals surface area contributed by atoms with Crippen LogP contribution in [0.15, 0.2) is 18.2 Å². The first-order valence-corrected chi connectivity index (χ1v) is 7.00. The molecular formula is C16H21N3. The van der Waals surface area contributed by atoms with Crippen molar-refractivity contribution in [3.05, 3.63) is 35.0 Å². The number of benzene rings is 1. The molecule has 0 amide bonds. The zero-order chi connectivity index (χ0) is 13.4. The van der Waals surface area contributed by atoms with Gasteiger partial charge in [-0.25, -0.2) is 0 Å². The molecule has 1 aromatic carbocycles. The highest BCUT2D eigenvalue weighted by Crippen LogP contribution is 2.30. The number of piperazine rings is 1. The second-order valence-corrected chi connectivity index (χ2v) is 5.42. The van der Waals surface area contributed by atoms with Crippen LogP contribution in [-0.2, 0) is 0 Å². The Bertz CT molecular complexity index is 613. The van der Waals surface area contributed by atoms with E-state index in [-0.39, 0.29) is 0 Å². The Kier molecular flexibility index (Phi) is 3.15. The minimum absolute atomic E-state index is 1.06. The van der Waals surface area contributed by atoms with Gasteiger partial charge in [-0.3, -0.25) is 4.98 Å². The van der Waals surface area contributed by atoms with E-state index in [2.05, 4.69) is 49.2 Å². The molecule has 100 valence electrons. The summed E-state index contributed by atoms with van der Waals surface area (Å²) in [5.41, 5.74) is 6.23. The number of pyridine rings is 1. The van der Waals surface area contributed by atoms with Crippen molar-refractivity contribution in [1.29, 1.82) is 0 Å². The van der Waals surface area contributed by atoms with Crippen LogP contribution in [0.3, 0.4) is 0 Å². The molecule has 0 bridgehead atoms. The Morgan fingerprint density at radius 3 is 2.58 bits per heavy atom. The monoisotopic (exact) mass is 255 g/mol. The van der Waals surface area contributed by atoms with Crippen LogP contribution < -0.4 is 10.2 Å². The topological polar surface area (TPSA) is 28.2 Å².